The van der Waals surface area contributed by atoms with E-state index in [2.05, 4.69) is 27.8 Å². The highest BCUT2D eigenvalue weighted by Crippen LogP contribution is 2.27. The number of hydrogen-bond acceptors (Lipinski definition) is 3. The summed E-state index contributed by atoms with van der Waals surface area (Å²) in [6, 6.07) is 25.2. The van der Waals surface area contributed by atoms with Gasteiger partial charge in [0, 0.05) is 18.0 Å². The Kier molecular flexibility index (Phi) is 6.51. The SMILES string of the molecule is COc1cc(NC(=O)NC(Cc2ccccc2)c2ccccc2)ccc1-n1cnc(C)c1. The molecule has 0 spiro atoms. The number of benzene rings is 3. The van der Waals surface area contributed by atoms with E-state index in [-0.39, 0.29) is 12.1 Å². The second kappa shape index (κ2) is 9.83. The summed E-state index contributed by atoms with van der Waals surface area (Å²) in [6.07, 6.45) is 4.35. The molecule has 4 aromatic rings. The predicted octanol–water partition coefficient (Wildman–Crippen LogP) is 5.29. The second-order valence-corrected chi connectivity index (χ2v) is 7.56. The van der Waals surface area contributed by atoms with Crippen molar-refractivity contribution in [3.63, 3.8) is 0 Å². The lowest BCUT2D eigenvalue weighted by atomic mass is 9.99. The molecular weight excluding hydrogens is 400 g/mol. The molecule has 2 amide bonds. The summed E-state index contributed by atoms with van der Waals surface area (Å²) in [7, 11) is 1.61. The number of rotatable bonds is 7. The average molecular weight is 427 g/mol. The normalized spacial score (nSPS) is 11.6. The van der Waals surface area contributed by atoms with Crippen LogP contribution in [0, 0.1) is 6.92 Å². The van der Waals surface area contributed by atoms with Crippen LogP contribution in [-0.2, 0) is 6.42 Å². The van der Waals surface area contributed by atoms with Crippen LogP contribution in [0.25, 0.3) is 5.69 Å². The molecule has 32 heavy (non-hydrogen) atoms. The van der Waals surface area contributed by atoms with E-state index in [1.54, 1.807) is 19.5 Å². The maximum absolute atomic E-state index is 12.9. The zero-order chi connectivity index (χ0) is 22.3. The quantitative estimate of drug-likeness (QED) is 0.422. The minimum atomic E-state index is -0.275. The Morgan fingerprint density at radius 3 is 2.41 bits per heavy atom. The molecule has 3 aromatic carbocycles. The molecule has 0 radical (unpaired) electrons. The molecule has 0 bridgehead atoms. The van der Waals surface area contributed by atoms with Crippen LogP contribution in [0.15, 0.2) is 91.4 Å². The summed E-state index contributed by atoms with van der Waals surface area (Å²) >= 11 is 0. The predicted molar refractivity (Wildman–Crippen MR) is 126 cm³/mol. The van der Waals surface area contributed by atoms with Gasteiger partial charge in [-0.15, -0.1) is 0 Å². The highest BCUT2D eigenvalue weighted by molar-refractivity contribution is 5.90. The number of aryl methyl sites for hydroxylation is 1. The highest BCUT2D eigenvalue weighted by atomic mass is 16.5. The maximum Gasteiger partial charge on any atom is 0.319 e. The minimum Gasteiger partial charge on any atom is -0.494 e. The van der Waals surface area contributed by atoms with Gasteiger partial charge in [-0.1, -0.05) is 60.7 Å². The summed E-state index contributed by atoms with van der Waals surface area (Å²) in [4.78, 5) is 17.1. The minimum absolute atomic E-state index is 0.159. The molecule has 1 atom stereocenters. The number of aromatic nitrogens is 2. The number of nitrogens with zero attached hydrogens (tertiary/aromatic N) is 2. The van der Waals surface area contributed by atoms with Crippen LogP contribution in [0.4, 0.5) is 10.5 Å². The van der Waals surface area contributed by atoms with E-state index >= 15 is 0 Å². The van der Waals surface area contributed by atoms with Crippen LogP contribution in [0.1, 0.15) is 22.9 Å². The third-order valence-corrected chi connectivity index (χ3v) is 5.22. The van der Waals surface area contributed by atoms with Gasteiger partial charge >= 0.3 is 6.03 Å². The van der Waals surface area contributed by atoms with E-state index in [0.717, 1.165) is 22.5 Å². The number of anilines is 1. The summed E-state index contributed by atoms with van der Waals surface area (Å²) in [5.41, 5.74) is 4.62. The second-order valence-electron chi connectivity index (χ2n) is 7.56. The monoisotopic (exact) mass is 426 g/mol. The van der Waals surface area contributed by atoms with Crippen molar-refractivity contribution >= 4 is 11.7 Å². The van der Waals surface area contributed by atoms with E-state index in [0.29, 0.717) is 17.9 Å². The highest BCUT2D eigenvalue weighted by Gasteiger charge is 2.16. The standard InChI is InChI=1S/C26H26N4O2/c1-19-17-30(18-27-19)24-14-13-22(16-25(24)32-2)28-26(31)29-23(21-11-7-4-8-12-21)15-20-9-5-3-6-10-20/h3-14,16-18,23H,15H2,1-2H3,(H2,28,29,31). The van der Waals surface area contributed by atoms with Gasteiger partial charge in [0.05, 0.1) is 30.9 Å². The fraction of sp³-hybridized carbons (Fsp3) is 0.154. The first-order valence-corrected chi connectivity index (χ1v) is 10.5. The molecule has 0 saturated heterocycles. The van der Waals surface area contributed by atoms with Gasteiger partial charge in [0.25, 0.3) is 0 Å². The van der Waals surface area contributed by atoms with Crippen LogP contribution in [-0.4, -0.2) is 22.7 Å². The zero-order valence-electron chi connectivity index (χ0n) is 18.2. The molecule has 0 aliphatic carbocycles. The van der Waals surface area contributed by atoms with Gasteiger partial charge in [-0.3, -0.25) is 0 Å². The van der Waals surface area contributed by atoms with Crippen LogP contribution in [0.2, 0.25) is 0 Å². The number of carbonyl (C=O) groups excluding carboxylic acids is 1. The van der Waals surface area contributed by atoms with Crippen molar-refractivity contribution in [1.29, 1.82) is 0 Å². The Morgan fingerprint density at radius 1 is 1.03 bits per heavy atom. The fourth-order valence-electron chi connectivity index (χ4n) is 3.63. The molecule has 0 saturated carbocycles. The van der Waals surface area contributed by atoms with Gasteiger partial charge < -0.3 is 19.9 Å². The first-order chi connectivity index (χ1) is 15.6. The lowest BCUT2D eigenvalue weighted by molar-refractivity contribution is 0.248. The maximum atomic E-state index is 12.9. The summed E-state index contributed by atoms with van der Waals surface area (Å²) in [5.74, 6) is 0.643. The summed E-state index contributed by atoms with van der Waals surface area (Å²) < 4.78 is 7.43. The van der Waals surface area contributed by atoms with Crippen molar-refractivity contribution in [3.8, 4) is 11.4 Å². The molecule has 0 fully saturated rings. The number of nitrogens with one attached hydrogen (secondary N) is 2. The van der Waals surface area contributed by atoms with Crippen molar-refractivity contribution < 1.29 is 9.53 Å². The van der Waals surface area contributed by atoms with Crippen LogP contribution in [0.3, 0.4) is 0 Å². The molecule has 162 valence electrons. The molecule has 2 N–H and O–H groups in total. The fourth-order valence-corrected chi connectivity index (χ4v) is 3.63. The van der Waals surface area contributed by atoms with E-state index in [9.17, 15) is 4.79 Å². The lowest BCUT2D eigenvalue weighted by Crippen LogP contribution is -2.33. The van der Waals surface area contributed by atoms with Gasteiger partial charge in [-0.05, 0) is 36.6 Å². The number of ether oxygens (including phenoxy) is 1. The number of hydrogen-bond donors (Lipinski definition) is 2. The first kappa shape index (κ1) is 21.2. The zero-order valence-corrected chi connectivity index (χ0v) is 18.2. The van der Waals surface area contributed by atoms with Crippen LogP contribution < -0.4 is 15.4 Å². The Labute approximate surface area is 187 Å². The first-order valence-electron chi connectivity index (χ1n) is 10.5. The topological polar surface area (TPSA) is 68.2 Å². The molecule has 1 heterocycles. The van der Waals surface area contributed by atoms with Gasteiger partial charge in [0.2, 0.25) is 0 Å². The molecule has 1 aromatic heterocycles. The van der Waals surface area contributed by atoms with Crippen molar-refractivity contribution in [1.82, 2.24) is 14.9 Å². The molecular formula is C26H26N4O2. The molecule has 1 unspecified atom stereocenters. The van der Waals surface area contributed by atoms with E-state index in [1.807, 2.05) is 78.4 Å². The van der Waals surface area contributed by atoms with E-state index < -0.39 is 0 Å². The van der Waals surface area contributed by atoms with Crippen molar-refractivity contribution in [2.45, 2.75) is 19.4 Å². The molecule has 6 nitrogen and oxygen atoms in total. The Hall–Kier alpha value is -4.06. The molecule has 4 rings (SSSR count). The largest absolute Gasteiger partial charge is 0.494 e. The Balaban J connectivity index is 1.50. The van der Waals surface area contributed by atoms with Gasteiger partial charge in [0.1, 0.15) is 5.75 Å². The van der Waals surface area contributed by atoms with E-state index in [1.165, 1.54) is 0 Å². The van der Waals surface area contributed by atoms with Crippen LogP contribution in [0.5, 0.6) is 5.75 Å². The molecule has 6 heteroatoms. The van der Waals surface area contributed by atoms with Gasteiger partial charge in [-0.25, -0.2) is 9.78 Å². The van der Waals surface area contributed by atoms with Gasteiger partial charge in [0.15, 0.2) is 0 Å². The Bertz CT molecular complexity index is 1170. The number of imidazole rings is 1. The summed E-state index contributed by atoms with van der Waals surface area (Å²) in [6.45, 7) is 1.93. The third kappa shape index (κ3) is 5.16. The van der Waals surface area contributed by atoms with Crippen molar-refractivity contribution in [2.75, 3.05) is 12.4 Å². The summed E-state index contributed by atoms with van der Waals surface area (Å²) in [5, 5.41) is 6.04. The number of amides is 2. The number of carbonyl (C=O) groups is 1. The van der Waals surface area contributed by atoms with E-state index in [4.69, 9.17) is 4.74 Å². The smallest absolute Gasteiger partial charge is 0.319 e. The average Bonchev–Trinajstić information content (AvgIpc) is 3.25. The van der Waals surface area contributed by atoms with Crippen molar-refractivity contribution in [3.05, 3.63) is 108 Å². The number of urea groups is 1. The third-order valence-electron chi connectivity index (χ3n) is 5.22. The molecule has 0 aliphatic heterocycles. The number of methoxy groups -OCH3 is 1. The van der Waals surface area contributed by atoms with Crippen LogP contribution >= 0.6 is 0 Å². The molecule has 0 aliphatic rings. The van der Waals surface area contributed by atoms with Crippen molar-refractivity contribution in [2.24, 2.45) is 0 Å². The van der Waals surface area contributed by atoms with Gasteiger partial charge in [-0.2, -0.15) is 0 Å². The Morgan fingerprint density at radius 2 is 1.75 bits per heavy atom. The lowest BCUT2D eigenvalue weighted by Gasteiger charge is -2.20.